The van der Waals surface area contributed by atoms with Crippen molar-refractivity contribution in [2.75, 3.05) is 20.2 Å². The van der Waals surface area contributed by atoms with Crippen molar-refractivity contribution in [1.82, 2.24) is 20.1 Å². The summed E-state index contributed by atoms with van der Waals surface area (Å²) in [5.41, 5.74) is 2.39. The van der Waals surface area contributed by atoms with Crippen LogP contribution in [-0.2, 0) is 0 Å². The molecule has 1 saturated heterocycles. The molecule has 3 aromatic heterocycles. The third-order valence-corrected chi connectivity index (χ3v) is 6.02. The van der Waals surface area contributed by atoms with Crippen molar-refractivity contribution in [2.24, 2.45) is 0 Å². The molecule has 0 bridgehead atoms. The molecule has 1 aliphatic rings. The maximum Gasteiger partial charge on any atom is 0.270 e. The van der Waals surface area contributed by atoms with Crippen LogP contribution >= 0.6 is 11.3 Å². The van der Waals surface area contributed by atoms with Gasteiger partial charge in [-0.1, -0.05) is 6.07 Å². The molecule has 5 rings (SSSR count). The first-order valence-corrected chi connectivity index (χ1v) is 10.5. The Morgan fingerprint density at radius 3 is 3.10 bits per heavy atom. The van der Waals surface area contributed by atoms with Crippen molar-refractivity contribution in [3.8, 4) is 17.2 Å². The van der Waals surface area contributed by atoms with Crippen LogP contribution in [0.3, 0.4) is 0 Å². The van der Waals surface area contributed by atoms with Gasteiger partial charge in [-0.2, -0.15) is 11.3 Å². The summed E-state index contributed by atoms with van der Waals surface area (Å²) in [5, 5.41) is 13.3. The fraction of sp³-hybridized carbons (Fsp3) is 0.286. The van der Waals surface area contributed by atoms with Crippen molar-refractivity contribution in [2.45, 2.75) is 18.8 Å². The van der Waals surface area contributed by atoms with Crippen molar-refractivity contribution in [1.29, 1.82) is 0 Å². The van der Waals surface area contributed by atoms with E-state index in [1.165, 1.54) is 0 Å². The predicted molar refractivity (Wildman–Crippen MR) is 110 cm³/mol. The molecule has 1 N–H and O–H groups in total. The van der Waals surface area contributed by atoms with Crippen molar-refractivity contribution in [3.05, 3.63) is 52.7 Å². The maximum atomic E-state index is 13.1. The van der Waals surface area contributed by atoms with Gasteiger partial charge in [0.05, 0.1) is 13.0 Å². The number of thiophene rings is 1. The van der Waals surface area contributed by atoms with Crippen LogP contribution in [0.15, 0.2) is 45.5 Å². The smallest absolute Gasteiger partial charge is 0.270 e. The predicted octanol–water partition coefficient (Wildman–Crippen LogP) is 4.31. The lowest BCUT2D eigenvalue weighted by molar-refractivity contribution is 0.0693. The van der Waals surface area contributed by atoms with Gasteiger partial charge in [0.25, 0.3) is 5.91 Å². The molecule has 8 heteroatoms. The summed E-state index contributed by atoms with van der Waals surface area (Å²) in [6.07, 6.45) is 1.83. The zero-order chi connectivity index (χ0) is 19.8. The molecule has 1 aliphatic heterocycles. The second-order valence-electron chi connectivity index (χ2n) is 7.15. The number of nitrogens with one attached hydrogen (secondary N) is 1. The number of amides is 1. The van der Waals surface area contributed by atoms with Crippen LogP contribution in [0.25, 0.3) is 22.4 Å². The molecular formula is C21H20N4O3S. The fourth-order valence-electron chi connectivity index (χ4n) is 3.86. The monoisotopic (exact) mass is 408 g/mol. The van der Waals surface area contributed by atoms with Gasteiger partial charge in [0, 0.05) is 34.9 Å². The van der Waals surface area contributed by atoms with Gasteiger partial charge >= 0.3 is 0 Å². The third kappa shape index (κ3) is 3.29. The number of methoxy groups -OCH3 is 1. The molecule has 0 aliphatic carbocycles. The third-order valence-electron chi connectivity index (χ3n) is 5.34. The Balaban J connectivity index is 1.36. The number of carbonyl (C=O) groups is 1. The highest BCUT2D eigenvalue weighted by molar-refractivity contribution is 7.08. The normalized spacial score (nSPS) is 17.0. The number of benzene rings is 1. The van der Waals surface area contributed by atoms with E-state index in [4.69, 9.17) is 9.15 Å². The second-order valence-corrected chi connectivity index (χ2v) is 7.93. The summed E-state index contributed by atoms with van der Waals surface area (Å²) in [5.74, 6) is 1.91. The summed E-state index contributed by atoms with van der Waals surface area (Å²) in [7, 11) is 1.63. The minimum absolute atomic E-state index is 0.0227. The van der Waals surface area contributed by atoms with E-state index in [2.05, 4.69) is 15.2 Å². The number of H-pyrrole nitrogens is 1. The zero-order valence-electron chi connectivity index (χ0n) is 15.9. The van der Waals surface area contributed by atoms with E-state index in [0.717, 1.165) is 35.1 Å². The second kappa shape index (κ2) is 7.36. The first-order valence-electron chi connectivity index (χ1n) is 9.54. The molecule has 0 spiro atoms. The van der Waals surface area contributed by atoms with Crippen molar-refractivity contribution in [3.63, 3.8) is 0 Å². The van der Waals surface area contributed by atoms with Gasteiger partial charge in [0.15, 0.2) is 0 Å². The molecular weight excluding hydrogens is 388 g/mol. The molecule has 0 radical (unpaired) electrons. The van der Waals surface area contributed by atoms with E-state index < -0.39 is 0 Å². The highest BCUT2D eigenvalue weighted by Gasteiger charge is 2.30. The summed E-state index contributed by atoms with van der Waals surface area (Å²) < 4.78 is 11.3. The van der Waals surface area contributed by atoms with Gasteiger partial charge in [0.2, 0.25) is 11.8 Å². The summed E-state index contributed by atoms with van der Waals surface area (Å²) in [6.45, 7) is 1.28. The van der Waals surface area contributed by atoms with Gasteiger partial charge < -0.3 is 19.0 Å². The van der Waals surface area contributed by atoms with Gasteiger partial charge in [0.1, 0.15) is 11.4 Å². The molecule has 1 amide bonds. The van der Waals surface area contributed by atoms with Crippen LogP contribution in [0.5, 0.6) is 5.75 Å². The van der Waals surface area contributed by atoms with E-state index in [-0.39, 0.29) is 11.8 Å². The number of fused-ring (bicyclic) bond motifs is 1. The Hall–Kier alpha value is -3.13. The van der Waals surface area contributed by atoms with E-state index in [1.54, 1.807) is 18.4 Å². The Morgan fingerprint density at radius 2 is 2.28 bits per heavy atom. The van der Waals surface area contributed by atoms with Crippen LogP contribution in [0.1, 0.15) is 35.1 Å². The lowest BCUT2D eigenvalue weighted by atomic mass is 9.98. The molecule has 29 heavy (non-hydrogen) atoms. The van der Waals surface area contributed by atoms with Gasteiger partial charge in [-0.05, 0) is 42.5 Å². The van der Waals surface area contributed by atoms with E-state index >= 15 is 0 Å². The number of ether oxygens (including phenoxy) is 1. The molecule has 4 aromatic rings. The van der Waals surface area contributed by atoms with E-state index in [0.29, 0.717) is 30.6 Å². The number of hydrogen-bond acceptors (Lipinski definition) is 6. The number of aromatic nitrogens is 3. The van der Waals surface area contributed by atoms with Gasteiger partial charge in [-0.15, -0.1) is 10.2 Å². The number of piperidine rings is 1. The summed E-state index contributed by atoms with van der Waals surface area (Å²) in [6, 6.07) is 9.56. The molecule has 1 fully saturated rings. The van der Waals surface area contributed by atoms with Gasteiger partial charge in [-0.3, -0.25) is 4.79 Å². The molecule has 148 valence electrons. The molecule has 0 unspecified atom stereocenters. The zero-order valence-corrected chi connectivity index (χ0v) is 16.7. The fourth-order valence-corrected chi connectivity index (χ4v) is 4.49. The van der Waals surface area contributed by atoms with Gasteiger partial charge in [-0.25, -0.2) is 0 Å². The minimum Gasteiger partial charge on any atom is -0.496 e. The van der Waals surface area contributed by atoms with E-state index in [1.807, 2.05) is 46.0 Å². The molecule has 1 aromatic carbocycles. The highest BCUT2D eigenvalue weighted by Crippen LogP contribution is 2.31. The van der Waals surface area contributed by atoms with Crippen LogP contribution in [0.2, 0.25) is 0 Å². The Morgan fingerprint density at radius 1 is 1.34 bits per heavy atom. The Bertz CT molecular complexity index is 1150. The maximum absolute atomic E-state index is 13.1. The van der Waals surface area contributed by atoms with Crippen LogP contribution in [-0.4, -0.2) is 46.2 Å². The Labute approximate surface area is 171 Å². The van der Waals surface area contributed by atoms with Crippen LogP contribution in [0.4, 0.5) is 0 Å². The first kappa shape index (κ1) is 17.9. The number of aromatic amines is 1. The largest absolute Gasteiger partial charge is 0.496 e. The first-order chi connectivity index (χ1) is 14.2. The lowest BCUT2D eigenvalue weighted by Crippen LogP contribution is -2.39. The number of hydrogen-bond donors (Lipinski definition) is 1. The molecule has 4 heterocycles. The lowest BCUT2D eigenvalue weighted by Gasteiger charge is -2.30. The standard InChI is InChI=1S/C21H20N4O3S/c1-27-18-6-2-5-16-15(18)10-17(22-16)21(26)25-8-3-4-13(11-25)19-23-24-20(28-19)14-7-9-29-12-14/h2,5-7,9-10,12-13,22H,3-4,8,11H2,1H3/t13-/m0/s1. The summed E-state index contributed by atoms with van der Waals surface area (Å²) >= 11 is 1.59. The van der Waals surface area contributed by atoms with Crippen LogP contribution < -0.4 is 4.74 Å². The number of rotatable bonds is 4. The minimum atomic E-state index is -0.0227. The highest BCUT2D eigenvalue weighted by atomic mass is 32.1. The molecule has 1 atom stereocenters. The Kier molecular flexibility index (Phi) is 4.55. The van der Waals surface area contributed by atoms with E-state index in [9.17, 15) is 4.79 Å². The molecule has 7 nitrogen and oxygen atoms in total. The summed E-state index contributed by atoms with van der Waals surface area (Å²) in [4.78, 5) is 18.2. The van der Waals surface area contributed by atoms with Crippen molar-refractivity contribution < 1.29 is 13.9 Å². The molecule has 0 saturated carbocycles. The number of likely N-dealkylation sites (tertiary alicyclic amines) is 1. The average molecular weight is 408 g/mol. The number of carbonyl (C=O) groups excluding carboxylic acids is 1. The SMILES string of the molecule is COc1cccc2[nH]c(C(=O)N3CCC[C@H](c4nnc(-c5ccsc5)o4)C3)cc12. The number of nitrogens with zero attached hydrogens (tertiary/aromatic N) is 3. The van der Waals surface area contributed by atoms with Crippen molar-refractivity contribution >= 4 is 28.1 Å². The average Bonchev–Trinajstić information content (AvgIpc) is 3.52. The van der Waals surface area contributed by atoms with Crippen LogP contribution in [0, 0.1) is 0 Å². The topological polar surface area (TPSA) is 84.3 Å². The quantitative estimate of drug-likeness (QED) is 0.544.